The molecule has 0 saturated carbocycles. The Morgan fingerprint density at radius 3 is 2.17 bits per heavy atom. The number of amides is 2. The number of hydrogen-bond donors (Lipinski definition) is 3. The van der Waals surface area contributed by atoms with E-state index in [0.29, 0.717) is 42.8 Å². The van der Waals surface area contributed by atoms with Gasteiger partial charge in [-0.15, -0.1) is 0 Å². The first kappa shape index (κ1) is 17.4. The summed E-state index contributed by atoms with van der Waals surface area (Å²) in [6.45, 7) is 7.00. The summed E-state index contributed by atoms with van der Waals surface area (Å²) in [5.41, 5.74) is 0.502. The van der Waals surface area contributed by atoms with E-state index >= 15 is 0 Å². The largest absolute Gasteiger partial charge is 0.490 e. The number of nitrogens with zero attached hydrogens (tertiary/aromatic N) is 2. The molecule has 0 atom stereocenters. The summed E-state index contributed by atoms with van der Waals surface area (Å²) in [6, 6.07) is 2.88. The summed E-state index contributed by atoms with van der Waals surface area (Å²) < 4.78 is 16.8. The molecular weight excluding hydrogens is 314 g/mol. The highest BCUT2D eigenvalue weighted by atomic mass is 16.5. The van der Waals surface area contributed by atoms with Crippen molar-refractivity contribution in [1.82, 2.24) is 15.2 Å². The highest BCUT2D eigenvalue weighted by molar-refractivity contribution is 5.99. The molecule has 0 spiro atoms. The van der Waals surface area contributed by atoms with Gasteiger partial charge in [0.1, 0.15) is 6.33 Å². The third-order valence-corrected chi connectivity index (χ3v) is 2.81. The molecule has 0 aliphatic carbocycles. The molecule has 0 unspecified atom stereocenters. The van der Waals surface area contributed by atoms with E-state index in [2.05, 4.69) is 25.8 Å². The molecule has 9 heteroatoms. The van der Waals surface area contributed by atoms with Gasteiger partial charge in [-0.1, -0.05) is 0 Å². The third-order valence-electron chi connectivity index (χ3n) is 2.81. The van der Waals surface area contributed by atoms with E-state index in [1.54, 1.807) is 12.1 Å². The van der Waals surface area contributed by atoms with E-state index < -0.39 is 6.03 Å². The van der Waals surface area contributed by atoms with Gasteiger partial charge in [0, 0.05) is 12.1 Å². The van der Waals surface area contributed by atoms with Crippen LogP contribution in [0, 0.1) is 0 Å². The Morgan fingerprint density at radius 2 is 1.67 bits per heavy atom. The van der Waals surface area contributed by atoms with Gasteiger partial charge in [-0.3, -0.25) is 5.32 Å². The van der Waals surface area contributed by atoms with Crippen LogP contribution in [0.3, 0.4) is 0 Å². The lowest BCUT2D eigenvalue weighted by Gasteiger charge is -2.17. The molecule has 0 aliphatic rings. The van der Waals surface area contributed by atoms with Gasteiger partial charge in [0.25, 0.3) is 0 Å². The van der Waals surface area contributed by atoms with E-state index in [9.17, 15) is 4.79 Å². The van der Waals surface area contributed by atoms with Gasteiger partial charge in [-0.05, 0) is 20.8 Å². The Morgan fingerprint density at radius 1 is 1.04 bits per heavy atom. The number of aromatic amines is 1. The van der Waals surface area contributed by atoms with E-state index in [1.807, 2.05) is 20.8 Å². The summed E-state index contributed by atoms with van der Waals surface area (Å²) in [6.07, 6.45) is 1.30. The van der Waals surface area contributed by atoms with E-state index in [4.69, 9.17) is 14.2 Å². The van der Waals surface area contributed by atoms with Gasteiger partial charge in [-0.2, -0.15) is 10.1 Å². The van der Waals surface area contributed by atoms with Crippen molar-refractivity contribution in [3.05, 3.63) is 18.5 Å². The second kappa shape index (κ2) is 8.61. The fourth-order valence-corrected chi connectivity index (χ4v) is 2.00. The number of urea groups is 1. The molecule has 1 aromatic carbocycles. The van der Waals surface area contributed by atoms with E-state index in [1.165, 1.54) is 6.33 Å². The first-order valence-corrected chi connectivity index (χ1v) is 7.67. The van der Waals surface area contributed by atoms with Gasteiger partial charge >= 0.3 is 6.03 Å². The number of benzene rings is 1. The molecule has 0 aliphatic heterocycles. The van der Waals surface area contributed by atoms with Gasteiger partial charge < -0.3 is 19.5 Å². The summed E-state index contributed by atoms with van der Waals surface area (Å²) in [7, 11) is 0. The molecule has 0 radical (unpaired) electrons. The Bertz CT molecular complexity index is 633. The molecule has 3 N–H and O–H groups in total. The number of nitrogens with one attached hydrogen (secondary N) is 3. The van der Waals surface area contributed by atoms with Crippen molar-refractivity contribution in [1.29, 1.82) is 0 Å². The van der Waals surface area contributed by atoms with Crippen LogP contribution in [0.5, 0.6) is 17.2 Å². The standard InChI is InChI=1S/C15H21N5O4/c1-4-22-11-7-10(8-12(23-5-2)13(11)24-6-3)18-15(21)19-14-16-9-17-20-14/h7-9H,4-6H2,1-3H3,(H3,16,17,18,19,20,21). The number of hydrogen-bond acceptors (Lipinski definition) is 6. The van der Waals surface area contributed by atoms with Crippen molar-refractivity contribution >= 4 is 17.7 Å². The number of rotatable bonds is 8. The molecule has 0 bridgehead atoms. The monoisotopic (exact) mass is 335 g/mol. The van der Waals surface area contributed by atoms with Crippen molar-refractivity contribution in [2.45, 2.75) is 20.8 Å². The number of carbonyl (C=O) groups is 1. The highest BCUT2D eigenvalue weighted by Gasteiger charge is 2.16. The Labute approximate surface area is 139 Å². The van der Waals surface area contributed by atoms with Crippen LogP contribution >= 0.6 is 0 Å². The lowest BCUT2D eigenvalue weighted by atomic mass is 10.2. The minimum Gasteiger partial charge on any atom is -0.490 e. The second-order valence-corrected chi connectivity index (χ2v) is 4.51. The minimum absolute atomic E-state index is 0.244. The van der Waals surface area contributed by atoms with Crippen LogP contribution in [0.1, 0.15) is 20.8 Å². The maximum Gasteiger partial charge on any atom is 0.326 e. The quantitative estimate of drug-likeness (QED) is 0.684. The maximum absolute atomic E-state index is 12.0. The van der Waals surface area contributed by atoms with Gasteiger partial charge in [-0.25, -0.2) is 9.89 Å². The number of ether oxygens (including phenoxy) is 3. The second-order valence-electron chi connectivity index (χ2n) is 4.51. The Balaban J connectivity index is 2.23. The van der Waals surface area contributed by atoms with Gasteiger partial charge in [0.2, 0.25) is 11.7 Å². The summed E-state index contributed by atoms with van der Waals surface area (Å²) >= 11 is 0. The van der Waals surface area contributed by atoms with Crippen LogP contribution < -0.4 is 24.8 Å². The predicted octanol–water partition coefficient (Wildman–Crippen LogP) is 2.64. The average molecular weight is 335 g/mol. The minimum atomic E-state index is -0.471. The van der Waals surface area contributed by atoms with Crippen LogP contribution in [-0.4, -0.2) is 41.0 Å². The molecule has 2 rings (SSSR count). The van der Waals surface area contributed by atoms with Crippen LogP contribution in [0.2, 0.25) is 0 Å². The average Bonchev–Trinajstić information content (AvgIpc) is 3.04. The fourth-order valence-electron chi connectivity index (χ4n) is 2.00. The number of carbonyl (C=O) groups excluding carboxylic acids is 1. The lowest BCUT2D eigenvalue weighted by molar-refractivity contribution is 0.260. The first-order valence-electron chi connectivity index (χ1n) is 7.67. The number of H-pyrrole nitrogens is 1. The SMILES string of the molecule is CCOc1cc(NC(=O)Nc2ncn[nH]2)cc(OCC)c1OCC. The molecule has 1 aromatic heterocycles. The highest BCUT2D eigenvalue weighted by Crippen LogP contribution is 2.40. The number of aromatic nitrogens is 3. The Kier molecular flexibility index (Phi) is 6.23. The summed E-state index contributed by atoms with van der Waals surface area (Å²) in [5, 5.41) is 11.4. The van der Waals surface area contributed by atoms with Crippen molar-refractivity contribution in [2.75, 3.05) is 30.5 Å². The summed E-state index contributed by atoms with van der Waals surface area (Å²) in [4.78, 5) is 15.8. The molecule has 130 valence electrons. The molecule has 0 fully saturated rings. The zero-order chi connectivity index (χ0) is 17.4. The van der Waals surface area contributed by atoms with Crippen LogP contribution in [-0.2, 0) is 0 Å². The molecule has 2 aromatic rings. The van der Waals surface area contributed by atoms with Crippen molar-refractivity contribution in [2.24, 2.45) is 0 Å². The Hall–Kier alpha value is -2.97. The molecule has 2 amide bonds. The van der Waals surface area contributed by atoms with Crippen molar-refractivity contribution in [3.63, 3.8) is 0 Å². The van der Waals surface area contributed by atoms with E-state index in [-0.39, 0.29) is 5.95 Å². The maximum atomic E-state index is 12.0. The zero-order valence-electron chi connectivity index (χ0n) is 13.9. The van der Waals surface area contributed by atoms with Gasteiger partial charge in [0.05, 0.1) is 25.5 Å². The summed E-state index contributed by atoms with van der Waals surface area (Å²) in [5.74, 6) is 1.76. The molecule has 9 nitrogen and oxygen atoms in total. The third kappa shape index (κ3) is 4.51. The van der Waals surface area contributed by atoms with Crippen LogP contribution in [0.15, 0.2) is 18.5 Å². The normalized spacial score (nSPS) is 10.1. The lowest BCUT2D eigenvalue weighted by Crippen LogP contribution is -2.20. The van der Waals surface area contributed by atoms with E-state index in [0.717, 1.165) is 0 Å². The molecule has 0 saturated heterocycles. The molecule has 1 heterocycles. The van der Waals surface area contributed by atoms with Crippen LogP contribution in [0.4, 0.5) is 16.4 Å². The zero-order valence-corrected chi connectivity index (χ0v) is 13.9. The van der Waals surface area contributed by atoms with Crippen molar-refractivity contribution in [3.8, 4) is 17.2 Å². The van der Waals surface area contributed by atoms with Crippen molar-refractivity contribution < 1.29 is 19.0 Å². The van der Waals surface area contributed by atoms with Gasteiger partial charge in [0.15, 0.2) is 11.5 Å². The topological polar surface area (TPSA) is 110 Å². The van der Waals surface area contributed by atoms with Crippen LogP contribution in [0.25, 0.3) is 0 Å². The first-order chi connectivity index (χ1) is 11.7. The fraction of sp³-hybridized carbons (Fsp3) is 0.400. The molecule has 24 heavy (non-hydrogen) atoms. The smallest absolute Gasteiger partial charge is 0.326 e. The molecular formula is C15H21N5O4. The number of anilines is 2. The predicted molar refractivity (Wildman–Crippen MR) is 89.0 cm³/mol.